The molecule has 8 nitrogen and oxygen atoms in total. The Morgan fingerprint density at radius 2 is 1.07 bits per heavy atom. The van der Waals surface area contributed by atoms with E-state index < -0.39 is 0 Å². The van der Waals surface area contributed by atoms with Crippen molar-refractivity contribution in [2.24, 2.45) is 44.3 Å². The highest BCUT2D eigenvalue weighted by atomic mass is 16.7. The fraction of sp³-hybridized carbons (Fsp3) is 0.727. The van der Waals surface area contributed by atoms with Crippen LogP contribution < -0.4 is 14.4 Å². The van der Waals surface area contributed by atoms with Crippen molar-refractivity contribution < 1.29 is 14.4 Å². The summed E-state index contributed by atoms with van der Waals surface area (Å²) >= 11 is 0. The second kappa shape index (κ2) is 12.6. The molecule has 0 N–H and O–H groups in total. The first-order chi connectivity index (χ1) is 19.2. The fourth-order valence-corrected chi connectivity index (χ4v) is 7.66. The SMILES string of the molecule is CC1C/C(=N/Oc2nc(O/C=C/C=C3\CC(C)CC(C)(C)C3)nc(O/N=C3/CC(C)CC(C)(C)C3)n2)CC(C)(C)C1. The third-order valence-corrected chi connectivity index (χ3v) is 8.22. The van der Waals surface area contributed by atoms with Crippen LogP contribution in [0.15, 0.2) is 34.3 Å². The minimum Gasteiger partial charge on any atom is -0.432 e. The standard InChI is InChI=1S/C33H51N5O3/c1-22-13-25(19-31(4,5)16-22)11-10-12-39-28-34-29(40-37-26-14-23(2)17-32(6,7)20-26)36-30(35-28)41-38-27-15-24(3)18-33(8,9)21-27/h10-12,22-24H,13-21H2,1-9H3/b12-10+,25-11+,37-26-,38-27-. The lowest BCUT2D eigenvalue weighted by molar-refractivity contribution is 0.234. The Hall–Kier alpha value is -2.77. The van der Waals surface area contributed by atoms with Gasteiger partial charge in [-0.1, -0.05) is 84.3 Å². The van der Waals surface area contributed by atoms with Gasteiger partial charge in [0.05, 0.1) is 17.7 Å². The third-order valence-electron chi connectivity index (χ3n) is 8.22. The number of rotatable bonds is 7. The van der Waals surface area contributed by atoms with E-state index in [1.165, 1.54) is 24.8 Å². The molecule has 1 aromatic heterocycles. The van der Waals surface area contributed by atoms with Gasteiger partial charge in [-0.25, -0.2) is 0 Å². The van der Waals surface area contributed by atoms with Crippen molar-refractivity contribution in [3.8, 4) is 18.0 Å². The van der Waals surface area contributed by atoms with Crippen molar-refractivity contribution in [1.82, 2.24) is 15.0 Å². The van der Waals surface area contributed by atoms with Crippen molar-refractivity contribution in [3.63, 3.8) is 0 Å². The first kappa shape index (κ1) is 31.2. The summed E-state index contributed by atoms with van der Waals surface area (Å²) in [6.45, 7) is 20.6. The minimum atomic E-state index is 0.0284. The Bertz CT molecular complexity index is 1130. The maximum absolute atomic E-state index is 5.80. The predicted molar refractivity (Wildman–Crippen MR) is 164 cm³/mol. The number of aromatic nitrogens is 3. The van der Waals surface area contributed by atoms with E-state index in [0.29, 0.717) is 23.2 Å². The molecule has 3 fully saturated rings. The van der Waals surface area contributed by atoms with Crippen LogP contribution in [0, 0.1) is 34.0 Å². The molecule has 8 heteroatoms. The summed E-state index contributed by atoms with van der Waals surface area (Å²) in [6, 6.07) is 0.133. The van der Waals surface area contributed by atoms with Gasteiger partial charge < -0.3 is 14.4 Å². The second-order valence-electron chi connectivity index (χ2n) is 15.5. The molecule has 3 aliphatic carbocycles. The van der Waals surface area contributed by atoms with E-state index in [0.717, 1.165) is 49.9 Å². The van der Waals surface area contributed by atoms with Crippen LogP contribution in [0.3, 0.4) is 0 Å². The van der Waals surface area contributed by atoms with Gasteiger partial charge in [-0.3, -0.25) is 0 Å². The molecule has 0 spiro atoms. The molecule has 0 bridgehead atoms. The maximum atomic E-state index is 5.80. The molecule has 3 unspecified atom stereocenters. The summed E-state index contributed by atoms with van der Waals surface area (Å²) < 4.78 is 5.80. The van der Waals surface area contributed by atoms with Crippen LogP contribution in [0.1, 0.15) is 120 Å². The van der Waals surface area contributed by atoms with E-state index >= 15 is 0 Å². The summed E-state index contributed by atoms with van der Waals surface area (Å²) in [5.41, 5.74) is 4.14. The molecule has 0 aromatic carbocycles. The highest BCUT2D eigenvalue weighted by molar-refractivity contribution is 5.86. The normalized spacial score (nSPS) is 30.6. The Kier molecular flexibility index (Phi) is 9.59. The second-order valence-corrected chi connectivity index (χ2v) is 15.5. The average Bonchev–Trinajstić information content (AvgIpc) is 2.80. The highest BCUT2D eigenvalue weighted by Gasteiger charge is 2.31. The molecular weight excluding hydrogens is 514 g/mol. The summed E-state index contributed by atoms with van der Waals surface area (Å²) in [6.07, 6.45) is 15.0. The van der Waals surface area contributed by atoms with Gasteiger partial charge in [0.2, 0.25) is 0 Å². The van der Waals surface area contributed by atoms with E-state index in [-0.39, 0.29) is 28.9 Å². The van der Waals surface area contributed by atoms with E-state index in [1.807, 2.05) is 6.08 Å². The monoisotopic (exact) mass is 565 g/mol. The molecular formula is C33H51N5O3. The van der Waals surface area contributed by atoms with E-state index in [4.69, 9.17) is 14.4 Å². The molecule has 41 heavy (non-hydrogen) atoms. The number of allylic oxidation sites excluding steroid dienone is 3. The number of oxime groups is 2. The van der Waals surface area contributed by atoms with Gasteiger partial charge in [0.25, 0.3) is 0 Å². The van der Waals surface area contributed by atoms with Crippen molar-refractivity contribution in [3.05, 3.63) is 24.0 Å². The smallest absolute Gasteiger partial charge is 0.355 e. The Labute approximate surface area is 247 Å². The number of nitrogens with zero attached hydrogens (tertiary/aromatic N) is 5. The van der Waals surface area contributed by atoms with Crippen LogP contribution in [0.4, 0.5) is 0 Å². The van der Waals surface area contributed by atoms with Crippen molar-refractivity contribution in [2.75, 3.05) is 0 Å². The van der Waals surface area contributed by atoms with Crippen LogP contribution in [-0.4, -0.2) is 26.4 Å². The van der Waals surface area contributed by atoms with Crippen LogP contribution >= 0.6 is 0 Å². The van der Waals surface area contributed by atoms with Crippen molar-refractivity contribution >= 4 is 11.4 Å². The largest absolute Gasteiger partial charge is 0.432 e. The minimum absolute atomic E-state index is 0.0284. The molecule has 0 radical (unpaired) electrons. The first-order valence-corrected chi connectivity index (χ1v) is 15.4. The van der Waals surface area contributed by atoms with Crippen molar-refractivity contribution in [2.45, 2.75) is 120 Å². The maximum Gasteiger partial charge on any atom is 0.355 e. The summed E-state index contributed by atoms with van der Waals surface area (Å²) in [5, 5.41) is 8.86. The topological polar surface area (TPSA) is 91.1 Å². The lowest BCUT2D eigenvalue weighted by Gasteiger charge is -2.35. The Morgan fingerprint density at radius 3 is 1.54 bits per heavy atom. The van der Waals surface area contributed by atoms with Crippen LogP contribution in [0.5, 0.6) is 18.0 Å². The molecule has 3 aliphatic rings. The number of hydrogen-bond donors (Lipinski definition) is 0. The van der Waals surface area contributed by atoms with Crippen LogP contribution in [0.2, 0.25) is 0 Å². The zero-order valence-corrected chi connectivity index (χ0v) is 26.8. The molecule has 0 saturated heterocycles. The highest BCUT2D eigenvalue weighted by Crippen LogP contribution is 2.41. The van der Waals surface area contributed by atoms with Gasteiger partial charge in [0.15, 0.2) is 0 Å². The molecule has 1 aromatic rings. The molecule has 3 saturated carbocycles. The van der Waals surface area contributed by atoms with Gasteiger partial charge in [-0.2, -0.15) is 0 Å². The number of ether oxygens (including phenoxy) is 1. The van der Waals surface area contributed by atoms with Crippen molar-refractivity contribution in [1.29, 1.82) is 0 Å². The quantitative estimate of drug-likeness (QED) is 0.243. The lowest BCUT2D eigenvalue weighted by atomic mass is 9.70. The predicted octanol–water partition coefficient (Wildman–Crippen LogP) is 8.70. The molecule has 0 amide bonds. The molecule has 1 heterocycles. The van der Waals surface area contributed by atoms with Crippen LogP contribution in [0.25, 0.3) is 0 Å². The van der Waals surface area contributed by atoms with E-state index in [2.05, 4.69) is 93.7 Å². The van der Waals surface area contributed by atoms with Gasteiger partial charge in [0, 0.05) is 0 Å². The van der Waals surface area contributed by atoms with Gasteiger partial charge in [-0.05, 0) is 97.9 Å². The van der Waals surface area contributed by atoms with Gasteiger partial charge in [-0.15, -0.1) is 15.0 Å². The van der Waals surface area contributed by atoms with E-state index in [9.17, 15) is 0 Å². The van der Waals surface area contributed by atoms with Crippen LogP contribution in [-0.2, 0) is 0 Å². The lowest BCUT2D eigenvalue weighted by Crippen LogP contribution is -2.28. The average molecular weight is 566 g/mol. The molecule has 226 valence electrons. The summed E-state index contributed by atoms with van der Waals surface area (Å²) in [5.74, 6) is 1.78. The summed E-state index contributed by atoms with van der Waals surface area (Å²) in [7, 11) is 0. The zero-order valence-electron chi connectivity index (χ0n) is 26.8. The van der Waals surface area contributed by atoms with Gasteiger partial charge in [0.1, 0.15) is 0 Å². The number of hydrogen-bond acceptors (Lipinski definition) is 8. The molecule has 3 atom stereocenters. The fourth-order valence-electron chi connectivity index (χ4n) is 7.66. The first-order valence-electron chi connectivity index (χ1n) is 15.4. The summed E-state index contributed by atoms with van der Waals surface area (Å²) in [4.78, 5) is 24.5. The molecule has 4 rings (SSSR count). The third kappa shape index (κ3) is 9.93. The van der Waals surface area contributed by atoms with E-state index in [1.54, 1.807) is 6.26 Å². The Balaban J connectivity index is 1.51. The Morgan fingerprint density at radius 1 is 0.634 bits per heavy atom. The molecule has 0 aliphatic heterocycles. The van der Waals surface area contributed by atoms with Gasteiger partial charge >= 0.3 is 18.0 Å². The zero-order chi connectivity index (χ0) is 29.8.